The van der Waals surface area contributed by atoms with Gasteiger partial charge in [0.05, 0.1) is 6.10 Å². The third-order valence-electron chi connectivity index (χ3n) is 4.31. The smallest absolute Gasteiger partial charge is 0.0550 e. The van der Waals surface area contributed by atoms with Gasteiger partial charge in [0.25, 0.3) is 0 Å². The predicted molar refractivity (Wildman–Crippen MR) is 67.6 cm³/mol. The average Bonchev–Trinajstić information content (AvgIpc) is 2.30. The van der Waals surface area contributed by atoms with Crippen molar-refractivity contribution < 1.29 is 4.74 Å². The van der Waals surface area contributed by atoms with E-state index in [-0.39, 0.29) is 0 Å². The molecule has 2 aliphatic heterocycles. The Labute approximate surface area is 100 Å². The molecule has 2 aliphatic rings. The van der Waals surface area contributed by atoms with Gasteiger partial charge in [0, 0.05) is 19.2 Å². The van der Waals surface area contributed by atoms with Crippen LogP contribution in [0, 0.1) is 5.92 Å². The zero-order chi connectivity index (χ0) is 11.4. The summed E-state index contributed by atoms with van der Waals surface area (Å²) in [5, 5.41) is 0. The van der Waals surface area contributed by atoms with Crippen LogP contribution in [0.1, 0.15) is 52.4 Å². The maximum absolute atomic E-state index is 5.63. The Morgan fingerprint density at radius 3 is 2.88 bits per heavy atom. The molecule has 0 spiro atoms. The molecule has 2 rings (SSSR count). The van der Waals surface area contributed by atoms with Crippen LogP contribution >= 0.6 is 0 Å². The summed E-state index contributed by atoms with van der Waals surface area (Å²) in [5.41, 5.74) is 0. The average molecular weight is 225 g/mol. The Morgan fingerprint density at radius 2 is 2.12 bits per heavy atom. The zero-order valence-electron chi connectivity index (χ0n) is 11.0. The SMILES string of the molecule is CCC1CCCCN1CC1CCOC(C)C1. The summed E-state index contributed by atoms with van der Waals surface area (Å²) in [4.78, 5) is 2.76. The number of nitrogens with zero attached hydrogens (tertiary/aromatic N) is 1. The standard InChI is InChI=1S/C14H27NO/c1-3-14-6-4-5-8-15(14)11-13-7-9-16-12(2)10-13/h12-14H,3-11H2,1-2H3. The second kappa shape index (κ2) is 6.02. The first-order valence-corrected chi connectivity index (χ1v) is 7.15. The quantitative estimate of drug-likeness (QED) is 0.732. The summed E-state index contributed by atoms with van der Waals surface area (Å²) >= 11 is 0. The van der Waals surface area contributed by atoms with Crippen molar-refractivity contribution in [1.82, 2.24) is 4.90 Å². The van der Waals surface area contributed by atoms with Crippen LogP contribution in [0.25, 0.3) is 0 Å². The van der Waals surface area contributed by atoms with E-state index in [0.717, 1.165) is 18.6 Å². The third-order valence-corrected chi connectivity index (χ3v) is 4.31. The first-order valence-electron chi connectivity index (χ1n) is 7.15. The van der Waals surface area contributed by atoms with Gasteiger partial charge in [-0.05, 0) is 51.5 Å². The van der Waals surface area contributed by atoms with E-state index in [4.69, 9.17) is 4.74 Å². The third kappa shape index (κ3) is 3.21. The van der Waals surface area contributed by atoms with Gasteiger partial charge in [-0.2, -0.15) is 0 Å². The molecule has 2 saturated heterocycles. The molecule has 2 nitrogen and oxygen atoms in total. The van der Waals surface area contributed by atoms with E-state index in [1.807, 2.05) is 0 Å². The molecule has 3 unspecified atom stereocenters. The Hall–Kier alpha value is -0.0800. The normalized spacial score (nSPS) is 37.5. The zero-order valence-corrected chi connectivity index (χ0v) is 11.0. The van der Waals surface area contributed by atoms with E-state index < -0.39 is 0 Å². The molecule has 0 amide bonds. The minimum atomic E-state index is 0.489. The van der Waals surface area contributed by atoms with Crippen molar-refractivity contribution in [2.24, 2.45) is 5.92 Å². The van der Waals surface area contributed by atoms with E-state index >= 15 is 0 Å². The highest BCUT2D eigenvalue weighted by molar-refractivity contribution is 4.80. The second-order valence-corrected chi connectivity index (χ2v) is 5.62. The van der Waals surface area contributed by atoms with Crippen LogP contribution in [0.15, 0.2) is 0 Å². The topological polar surface area (TPSA) is 12.5 Å². The second-order valence-electron chi connectivity index (χ2n) is 5.62. The lowest BCUT2D eigenvalue weighted by molar-refractivity contribution is -0.0121. The molecule has 2 heterocycles. The van der Waals surface area contributed by atoms with E-state index in [0.29, 0.717) is 6.10 Å². The first-order chi connectivity index (χ1) is 7.79. The maximum atomic E-state index is 5.63. The van der Waals surface area contributed by atoms with Gasteiger partial charge in [-0.3, -0.25) is 0 Å². The van der Waals surface area contributed by atoms with Crippen LogP contribution in [0.4, 0.5) is 0 Å². The summed E-state index contributed by atoms with van der Waals surface area (Å²) < 4.78 is 5.63. The molecule has 2 fully saturated rings. The minimum absolute atomic E-state index is 0.489. The number of rotatable bonds is 3. The Kier molecular flexibility index (Phi) is 4.66. The molecule has 16 heavy (non-hydrogen) atoms. The van der Waals surface area contributed by atoms with Gasteiger partial charge in [0.15, 0.2) is 0 Å². The van der Waals surface area contributed by atoms with Crippen molar-refractivity contribution in [1.29, 1.82) is 0 Å². The summed E-state index contributed by atoms with van der Waals surface area (Å²) in [6.45, 7) is 8.21. The summed E-state index contributed by atoms with van der Waals surface area (Å²) in [6, 6.07) is 0.868. The molecule has 0 aromatic carbocycles. The molecule has 0 N–H and O–H groups in total. The van der Waals surface area contributed by atoms with Crippen molar-refractivity contribution in [2.45, 2.75) is 64.5 Å². The monoisotopic (exact) mass is 225 g/mol. The van der Waals surface area contributed by atoms with Gasteiger partial charge in [-0.1, -0.05) is 13.3 Å². The maximum Gasteiger partial charge on any atom is 0.0550 e. The summed E-state index contributed by atoms with van der Waals surface area (Å²) in [6.07, 6.45) is 8.65. The molecule has 0 aromatic heterocycles. The molecular formula is C14H27NO. The van der Waals surface area contributed by atoms with Crippen molar-refractivity contribution in [2.75, 3.05) is 19.7 Å². The lowest BCUT2D eigenvalue weighted by atomic mass is 9.92. The molecule has 0 radical (unpaired) electrons. The van der Waals surface area contributed by atoms with Gasteiger partial charge in [-0.15, -0.1) is 0 Å². The fourth-order valence-electron chi connectivity index (χ4n) is 3.35. The van der Waals surface area contributed by atoms with E-state index in [2.05, 4.69) is 18.7 Å². The van der Waals surface area contributed by atoms with E-state index in [1.54, 1.807) is 0 Å². The first kappa shape index (κ1) is 12.4. The van der Waals surface area contributed by atoms with Crippen LogP contribution in [-0.4, -0.2) is 36.7 Å². The molecule has 0 aliphatic carbocycles. The Balaban J connectivity index is 1.82. The molecule has 0 aromatic rings. The summed E-state index contributed by atoms with van der Waals surface area (Å²) in [5.74, 6) is 0.885. The Morgan fingerprint density at radius 1 is 1.25 bits per heavy atom. The number of likely N-dealkylation sites (tertiary alicyclic amines) is 1. The van der Waals surface area contributed by atoms with Gasteiger partial charge in [0.1, 0.15) is 0 Å². The molecule has 0 bridgehead atoms. The van der Waals surface area contributed by atoms with Crippen LogP contribution < -0.4 is 0 Å². The summed E-state index contributed by atoms with van der Waals surface area (Å²) in [7, 11) is 0. The highest BCUT2D eigenvalue weighted by Gasteiger charge is 2.26. The van der Waals surface area contributed by atoms with Gasteiger partial charge < -0.3 is 9.64 Å². The number of hydrogen-bond donors (Lipinski definition) is 0. The molecule has 2 heteroatoms. The van der Waals surface area contributed by atoms with E-state index in [9.17, 15) is 0 Å². The van der Waals surface area contributed by atoms with Crippen LogP contribution in [0.3, 0.4) is 0 Å². The fraction of sp³-hybridized carbons (Fsp3) is 1.00. The number of piperidine rings is 1. The molecule has 0 saturated carbocycles. The lowest BCUT2D eigenvalue weighted by Crippen LogP contribution is -2.43. The molecule has 3 atom stereocenters. The van der Waals surface area contributed by atoms with Crippen molar-refractivity contribution >= 4 is 0 Å². The largest absolute Gasteiger partial charge is 0.378 e. The number of hydrogen-bond acceptors (Lipinski definition) is 2. The highest BCUT2D eigenvalue weighted by Crippen LogP contribution is 2.25. The van der Waals surface area contributed by atoms with Gasteiger partial charge in [-0.25, -0.2) is 0 Å². The van der Waals surface area contributed by atoms with Crippen molar-refractivity contribution in [3.63, 3.8) is 0 Å². The molecule has 94 valence electrons. The van der Waals surface area contributed by atoms with Crippen molar-refractivity contribution in [3.8, 4) is 0 Å². The van der Waals surface area contributed by atoms with Crippen LogP contribution in [0.2, 0.25) is 0 Å². The number of ether oxygens (including phenoxy) is 1. The van der Waals surface area contributed by atoms with Crippen LogP contribution in [-0.2, 0) is 4.74 Å². The fourth-order valence-corrected chi connectivity index (χ4v) is 3.35. The highest BCUT2D eigenvalue weighted by atomic mass is 16.5. The predicted octanol–water partition coefficient (Wildman–Crippen LogP) is 3.07. The van der Waals surface area contributed by atoms with Crippen LogP contribution in [0.5, 0.6) is 0 Å². The minimum Gasteiger partial charge on any atom is -0.378 e. The van der Waals surface area contributed by atoms with E-state index in [1.165, 1.54) is 51.6 Å². The van der Waals surface area contributed by atoms with Gasteiger partial charge >= 0.3 is 0 Å². The lowest BCUT2D eigenvalue weighted by Gasteiger charge is -2.39. The van der Waals surface area contributed by atoms with Gasteiger partial charge in [0.2, 0.25) is 0 Å². The Bertz CT molecular complexity index is 207. The van der Waals surface area contributed by atoms with Crippen molar-refractivity contribution in [3.05, 3.63) is 0 Å². The molecular weight excluding hydrogens is 198 g/mol.